The van der Waals surface area contributed by atoms with Gasteiger partial charge in [0, 0.05) is 58.5 Å². The molecule has 2 N–H and O–H groups in total. The van der Waals surface area contributed by atoms with Gasteiger partial charge in [0.05, 0.1) is 24.4 Å². The monoisotopic (exact) mass is 966 g/mol. The summed E-state index contributed by atoms with van der Waals surface area (Å²) in [5.41, 5.74) is 1.27. The highest BCUT2D eigenvalue weighted by molar-refractivity contribution is 6.39. The molecule has 69 heavy (non-hydrogen) atoms. The van der Waals surface area contributed by atoms with E-state index in [0.29, 0.717) is 56.9 Å². The van der Waals surface area contributed by atoms with Crippen molar-refractivity contribution in [2.24, 2.45) is 35.5 Å². The second-order valence-corrected chi connectivity index (χ2v) is 20.4. The largest absolute Gasteiger partial charge is 0.460 e. The van der Waals surface area contributed by atoms with E-state index in [9.17, 15) is 34.2 Å². The molecule has 0 spiro atoms. The molecule has 4 aliphatic rings. The first-order valence-corrected chi connectivity index (χ1v) is 25.0. The third-order valence-corrected chi connectivity index (χ3v) is 15.2. The number of ether oxygens (including phenoxy) is 5. The van der Waals surface area contributed by atoms with Gasteiger partial charge >= 0.3 is 5.97 Å². The number of aliphatic hydroxyl groups excluding tert-OH is 1. The molecule has 2 saturated heterocycles. The average Bonchev–Trinajstić information content (AvgIpc) is 3.88. The first-order chi connectivity index (χ1) is 32.8. The highest BCUT2D eigenvalue weighted by Crippen LogP contribution is 2.39. The van der Waals surface area contributed by atoms with E-state index in [4.69, 9.17) is 23.7 Å². The van der Waals surface area contributed by atoms with Crippen molar-refractivity contribution in [2.75, 3.05) is 27.9 Å². The van der Waals surface area contributed by atoms with Crippen molar-refractivity contribution in [3.05, 3.63) is 53.9 Å². The third-order valence-electron chi connectivity index (χ3n) is 15.2. The van der Waals surface area contributed by atoms with E-state index in [1.54, 1.807) is 52.1 Å². The summed E-state index contributed by atoms with van der Waals surface area (Å²) < 4.78 is 31.6. The molecule has 5 rings (SSSR count). The molecule has 1 amide bonds. The standard InChI is InChI=1S/C52H79N5O12/c1-31-16-12-11-13-17-32(2)43(65-8)28-39-21-19-37(7)52(64,69-39)49(61)50(62)56-23-15-14-18-41(56)51(63)68-44(34(4)26-38-20-22-40(45(27-38)66-9)57-30-53-54-55-57)29-42(58)33(3)25-36(6)47(60)48(67-10)46(59)35(5)24-31/h11-13,16-17,25,30-31,33-35,37-41,43-45,47-48,60,64H,14-15,18-24,26-29H2,1-10H3/b13-11?,16-12+,32-17?,36-25+/t31?,33?,34?,35-,37-,38+,39?,40+,41+,43?,44?,45-,47-,48?,52-/m1/s1. The van der Waals surface area contributed by atoms with Crippen LogP contribution in [0.25, 0.3) is 0 Å². The number of hydrogen-bond acceptors (Lipinski definition) is 15. The molecule has 17 nitrogen and oxygen atoms in total. The third kappa shape index (κ3) is 14.2. The summed E-state index contributed by atoms with van der Waals surface area (Å²) in [6.07, 6.45) is 13.9. The van der Waals surface area contributed by atoms with Gasteiger partial charge in [0.15, 0.2) is 5.78 Å². The Morgan fingerprint density at radius 3 is 2.32 bits per heavy atom. The molecule has 17 heteroatoms. The van der Waals surface area contributed by atoms with Crippen molar-refractivity contribution < 1.29 is 57.9 Å². The smallest absolute Gasteiger partial charge is 0.329 e. The van der Waals surface area contributed by atoms with Crippen LogP contribution in [0.1, 0.15) is 132 Å². The van der Waals surface area contributed by atoms with Crippen LogP contribution in [0.4, 0.5) is 0 Å². The van der Waals surface area contributed by atoms with E-state index >= 15 is 0 Å². The lowest BCUT2D eigenvalue weighted by Crippen LogP contribution is -2.61. The van der Waals surface area contributed by atoms with Crippen LogP contribution in [0.15, 0.2) is 53.9 Å². The predicted molar refractivity (Wildman–Crippen MR) is 256 cm³/mol. The fraction of sp³-hybridized carbons (Fsp3) is 0.731. The Balaban J connectivity index is 1.46. The van der Waals surface area contributed by atoms with Gasteiger partial charge in [-0.2, -0.15) is 0 Å². The minimum atomic E-state index is -2.43. The highest BCUT2D eigenvalue weighted by atomic mass is 16.6. The van der Waals surface area contributed by atoms with Crippen LogP contribution >= 0.6 is 0 Å². The van der Waals surface area contributed by atoms with Gasteiger partial charge in [-0.15, -0.1) is 5.10 Å². The summed E-state index contributed by atoms with van der Waals surface area (Å²) in [5.74, 6) is -7.92. The van der Waals surface area contributed by atoms with E-state index in [1.165, 1.54) is 12.0 Å². The molecule has 0 radical (unpaired) electrons. The van der Waals surface area contributed by atoms with Crippen molar-refractivity contribution >= 4 is 29.2 Å². The molecule has 7 unspecified atom stereocenters. The van der Waals surface area contributed by atoms with Gasteiger partial charge in [0.25, 0.3) is 11.7 Å². The lowest BCUT2D eigenvalue weighted by Gasteiger charge is -2.42. The molecule has 15 atom stereocenters. The molecule has 384 valence electrons. The Morgan fingerprint density at radius 1 is 0.884 bits per heavy atom. The van der Waals surface area contributed by atoms with Gasteiger partial charge in [-0.25, -0.2) is 9.48 Å². The zero-order valence-electron chi connectivity index (χ0n) is 42.5. The lowest BCUT2D eigenvalue weighted by molar-refractivity contribution is -0.265. The number of aliphatic hydroxyl groups is 2. The minimum Gasteiger partial charge on any atom is -0.460 e. The molecule has 0 aromatic carbocycles. The van der Waals surface area contributed by atoms with Gasteiger partial charge in [-0.3, -0.25) is 19.2 Å². The number of carbonyl (C=O) groups excluding carboxylic acids is 5. The van der Waals surface area contributed by atoms with Crippen LogP contribution < -0.4 is 0 Å². The molecule has 1 aromatic heterocycles. The van der Waals surface area contributed by atoms with Crippen LogP contribution in [0, 0.1) is 35.5 Å². The maximum Gasteiger partial charge on any atom is 0.329 e. The number of aromatic nitrogens is 4. The summed E-state index contributed by atoms with van der Waals surface area (Å²) in [7, 11) is 4.62. The first-order valence-electron chi connectivity index (χ1n) is 25.0. The predicted octanol–water partition coefficient (Wildman–Crippen LogP) is 6.05. The Morgan fingerprint density at radius 2 is 1.64 bits per heavy atom. The second kappa shape index (κ2) is 25.7. The number of carbonyl (C=O) groups is 5. The summed E-state index contributed by atoms with van der Waals surface area (Å²) in [6, 6.07) is -1.19. The molecular weight excluding hydrogens is 887 g/mol. The molecule has 4 heterocycles. The Kier molecular flexibility index (Phi) is 20.8. The number of ketones is 3. The lowest BCUT2D eigenvalue weighted by atomic mass is 9.77. The zero-order chi connectivity index (χ0) is 50.6. The van der Waals surface area contributed by atoms with Gasteiger partial charge in [-0.05, 0) is 117 Å². The maximum atomic E-state index is 14.5. The normalized spacial score (nSPS) is 37.5. The fourth-order valence-corrected chi connectivity index (χ4v) is 10.7. The topological polar surface area (TPSA) is 219 Å². The number of amides is 1. The van der Waals surface area contributed by atoms with E-state index in [2.05, 4.69) is 15.5 Å². The highest BCUT2D eigenvalue weighted by Gasteiger charge is 2.53. The van der Waals surface area contributed by atoms with E-state index < -0.39 is 77.8 Å². The SMILES string of the molecule is COC1CC2CC[C@@H](C)[C@@](O)(O2)C(=O)C(=O)N2CCCC[C@H]2C(=O)OC(C(C)C[C@@H]2CC[C@H](n3cnnn3)[C@H](OC)C2)CC(=O)C(C)/C=C(\C)[C@@H](O)C(OC)C(=O)[C@H](C)CC(C)/C=C/C=CC=C1C. The molecular formula is C52H79N5O12. The summed E-state index contributed by atoms with van der Waals surface area (Å²) in [6.45, 7) is 12.8. The van der Waals surface area contributed by atoms with E-state index in [1.807, 2.05) is 58.1 Å². The van der Waals surface area contributed by atoms with Crippen LogP contribution in [-0.2, 0) is 47.7 Å². The number of nitrogens with zero attached hydrogens (tertiary/aromatic N) is 5. The zero-order valence-corrected chi connectivity index (χ0v) is 42.5. The number of Topliss-reactive ketones (excluding diaryl/α,β-unsaturated/α-hetero) is 3. The minimum absolute atomic E-state index is 0.0170. The van der Waals surface area contributed by atoms with Gasteiger partial charge in [-0.1, -0.05) is 71.1 Å². The van der Waals surface area contributed by atoms with Crippen molar-refractivity contribution in [3.8, 4) is 0 Å². The summed E-state index contributed by atoms with van der Waals surface area (Å²) in [4.78, 5) is 72.3. The molecule has 3 fully saturated rings. The van der Waals surface area contributed by atoms with Crippen molar-refractivity contribution in [1.82, 2.24) is 25.1 Å². The van der Waals surface area contributed by atoms with Gasteiger partial charge in [0.2, 0.25) is 5.79 Å². The Hall–Kier alpha value is -4.26. The van der Waals surface area contributed by atoms with Crippen molar-refractivity contribution in [2.45, 2.75) is 180 Å². The van der Waals surface area contributed by atoms with Crippen molar-refractivity contribution in [3.63, 3.8) is 0 Å². The van der Waals surface area contributed by atoms with Crippen LogP contribution in [-0.4, -0.2) is 141 Å². The number of rotatable bonds is 7. The fourth-order valence-electron chi connectivity index (χ4n) is 10.7. The van der Waals surface area contributed by atoms with E-state index in [0.717, 1.165) is 18.4 Å². The Labute approximate surface area is 408 Å². The number of cyclic esters (lactones) is 1. The maximum absolute atomic E-state index is 14.5. The molecule has 2 bridgehead atoms. The molecule has 1 aliphatic carbocycles. The van der Waals surface area contributed by atoms with Gasteiger partial charge < -0.3 is 38.8 Å². The summed E-state index contributed by atoms with van der Waals surface area (Å²) >= 11 is 0. The first kappa shape index (κ1) is 55.7. The van der Waals surface area contributed by atoms with Crippen LogP contribution in [0.2, 0.25) is 0 Å². The number of tetrazole rings is 1. The van der Waals surface area contributed by atoms with E-state index in [-0.39, 0.29) is 60.9 Å². The van der Waals surface area contributed by atoms with Crippen LogP contribution in [0.5, 0.6) is 0 Å². The van der Waals surface area contributed by atoms with Crippen LogP contribution in [0.3, 0.4) is 0 Å². The number of allylic oxidation sites excluding steroid dienone is 6. The van der Waals surface area contributed by atoms with Gasteiger partial charge in [0.1, 0.15) is 36.5 Å². The Bertz CT molecular complexity index is 2020. The second-order valence-electron chi connectivity index (χ2n) is 20.4. The number of esters is 1. The molecule has 1 aromatic rings. The quantitative estimate of drug-likeness (QED) is 0.181. The number of methoxy groups -OCH3 is 3. The number of hydrogen-bond donors (Lipinski definition) is 2. The number of piperidine rings is 1. The van der Waals surface area contributed by atoms with Crippen molar-refractivity contribution in [1.29, 1.82) is 0 Å². The number of fused-ring (bicyclic) bond motifs is 3. The summed E-state index contributed by atoms with van der Waals surface area (Å²) in [5, 5.41) is 35.2. The average molecular weight is 966 g/mol. The molecule has 1 saturated carbocycles. The molecule has 3 aliphatic heterocycles.